The number of nitrogens with zero attached hydrogens (tertiary/aromatic N) is 1. The highest BCUT2D eigenvalue weighted by Crippen LogP contribution is 2.41. The van der Waals surface area contributed by atoms with Crippen molar-refractivity contribution in [3.63, 3.8) is 0 Å². The second-order valence-electron chi connectivity index (χ2n) is 7.87. The van der Waals surface area contributed by atoms with Gasteiger partial charge in [0.2, 0.25) is 0 Å². The molecule has 4 aromatic rings. The van der Waals surface area contributed by atoms with Crippen molar-refractivity contribution in [2.24, 2.45) is 0 Å². The first-order valence-corrected chi connectivity index (χ1v) is 11.0. The zero-order valence-corrected chi connectivity index (χ0v) is 18.8. The second kappa shape index (κ2) is 10.2. The van der Waals surface area contributed by atoms with Gasteiger partial charge in [0.15, 0.2) is 0 Å². The maximum absolute atomic E-state index is 11.4. The third-order valence-electron chi connectivity index (χ3n) is 5.57. The molecular weight excluding hydrogens is 410 g/mol. The van der Waals surface area contributed by atoms with Crippen molar-refractivity contribution in [3.05, 3.63) is 137 Å². The summed E-state index contributed by atoms with van der Waals surface area (Å²) >= 11 is 0. The minimum Gasteiger partial charge on any atom is -0.456 e. The topological polar surface area (TPSA) is 48.4 Å². The minimum atomic E-state index is -0.817. The Morgan fingerprint density at radius 1 is 0.758 bits per heavy atom. The molecule has 0 bridgehead atoms. The van der Waals surface area contributed by atoms with Crippen LogP contribution in [0.15, 0.2) is 109 Å². The molecule has 0 spiro atoms. The lowest BCUT2D eigenvalue weighted by molar-refractivity contribution is -0.146. The lowest BCUT2D eigenvalue weighted by Crippen LogP contribution is -2.33. The van der Waals surface area contributed by atoms with Crippen LogP contribution >= 0.6 is 0 Å². The fourth-order valence-corrected chi connectivity index (χ4v) is 4.07. The molecule has 0 aliphatic rings. The maximum atomic E-state index is 11.4. The van der Waals surface area contributed by atoms with E-state index in [9.17, 15) is 4.79 Å². The van der Waals surface area contributed by atoms with Crippen LogP contribution in [0.3, 0.4) is 0 Å². The molecule has 0 amide bonds. The van der Waals surface area contributed by atoms with E-state index in [1.807, 2.05) is 79.7 Å². The first-order valence-electron chi connectivity index (χ1n) is 11.0. The average molecular weight is 438 g/mol. The molecule has 1 atom stereocenters. The highest BCUT2D eigenvalue weighted by atomic mass is 16.5. The van der Waals surface area contributed by atoms with E-state index in [1.165, 1.54) is 6.92 Å². The summed E-state index contributed by atoms with van der Waals surface area (Å²) in [5.74, 6) is -0.331. The summed E-state index contributed by atoms with van der Waals surface area (Å²) in [6.45, 7) is 3.49. The first-order chi connectivity index (χ1) is 16.1. The molecule has 4 rings (SSSR count). The van der Waals surface area contributed by atoms with Crippen molar-refractivity contribution in [2.75, 3.05) is 0 Å². The van der Waals surface area contributed by atoms with Crippen molar-refractivity contribution >= 4 is 5.97 Å². The Balaban J connectivity index is 1.76. The molecule has 1 heterocycles. The van der Waals surface area contributed by atoms with E-state index in [0.29, 0.717) is 5.69 Å². The van der Waals surface area contributed by atoms with Gasteiger partial charge >= 0.3 is 5.97 Å². The molecule has 0 N–H and O–H groups in total. The first kappa shape index (κ1) is 22.4. The van der Waals surface area contributed by atoms with Gasteiger partial charge in [-0.3, -0.25) is 9.78 Å². The molecule has 0 unspecified atom stereocenters. The molecule has 4 nitrogen and oxygen atoms in total. The molecule has 166 valence electrons. The number of benzene rings is 3. The van der Waals surface area contributed by atoms with Crippen LogP contribution in [0.1, 0.15) is 48.0 Å². The Bertz CT molecular complexity index is 1080. The van der Waals surface area contributed by atoms with E-state index in [2.05, 4.69) is 36.4 Å². The Morgan fingerprint density at radius 2 is 1.24 bits per heavy atom. The van der Waals surface area contributed by atoms with Crippen LogP contribution in [0.5, 0.6) is 0 Å². The number of esters is 1. The molecular formula is C29H27NO3. The normalized spacial score (nSPS) is 12.2. The fraction of sp³-hybridized carbons (Fsp3) is 0.172. The highest BCUT2D eigenvalue weighted by molar-refractivity contribution is 5.66. The summed E-state index contributed by atoms with van der Waals surface area (Å²) < 4.78 is 12.1. The van der Waals surface area contributed by atoms with Crippen LogP contribution in [0, 0.1) is 0 Å². The Labute approximate surface area is 194 Å². The quantitative estimate of drug-likeness (QED) is 0.243. The van der Waals surface area contributed by atoms with Crippen LogP contribution in [0.2, 0.25) is 0 Å². The van der Waals surface area contributed by atoms with E-state index in [4.69, 9.17) is 14.5 Å². The van der Waals surface area contributed by atoms with E-state index in [1.54, 1.807) is 0 Å². The number of ether oxygens (including phenoxy) is 2. The van der Waals surface area contributed by atoms with Gasteiger partial charge in [0.25, 0.3) is 0 Å². The summed E-state index contributed by atoms with van der Waals surface area (Å²) in [7, 11) is 0. The van der Waals surface area contributed by atoms with Crippen molar-refractivity contribution in [3.8, 4) is 0 Å². The number of carbonyl (C=O) groups excluding carboxylic acids is 1. The third-order valence-corrected chi connectivity index (χ3v) is 5.57. The number of pyridine rings is 1. The minimum absolute atomic E-state index is 0.277. The molecule has 0 aliphatic heterocycles. The number of aromatic nitrogens is 1. The number of carbonyl (C=O) groups is 1. The van der Waals surface area contributed by atoms with Crippen molar-refractivity contribution in [1.82, 2.24) is 4.98 Å². The van der Waals surface area contributed by atoms with Crippen LogP contribution < -0.4 is 0 Å². The Kier molecular flexibility index (Phi) is 6.96. The van der Waals surface area contributed by atoms with E-state index in [0.717, 1.165) is 22.4 Å². The number of hydrogen-bond acceptors (Lipinski definition) is 4. The predicted molar refractivity (Wildman–Crippen MR) is 128 cm³/mol. The fourth-order valence-electron chi connectivity index (χ4n) is 4.07. The van der Waals surface area contributed by atoms with Gasteiger partial charge in [-0.2, -0.15) is 0 Å². The molecule has 3 aromatic carbocycles. The van der Waals surface area contributed by atoms with E-state index < -0.39 is 11.7 Å². The van der Waals surface area contributed by atoms with Gasteiger partial charge in [-0.25, -0.2) is 0 Å². The van der Waals surface area contributed by atoms with Crippen LogP contribution in [-0.4, -0.2) is 11.0 Å². The monoisotopic (exact) mass is 437 g/mol. The molecule has 0 aliphatic carbocycles. The van der Waals surface area contributed by atoms with Crippen LogP contribution in [0.4, 0.5) is 0 Å². The summed E-state index contributed by atoms with van der Waals surface area (Å²) in [4.78, 5) is 16.1. The van der Waals surface area contributed by atoms with Gasteiger partial charge in [0.1, 0.15) is 11.7 Å². The van der Waals surface area contributed by atoms with Crippen molar-refractivity contribution < 1.29 is 14.3 Å². The zero-order chi connectivity index (χ0) is 23.1. The van der Waals surface area contributed by atoms with Gasteiger partial charge in [0, 0.05) is 6.92 Å². The van der Waals surface area contributed by atoms with Crippen LogP contribution in [-0.2, 0) is 26.5 Å². The number of hydrogen-bond donors (Lipinski definition) is 0. The molecule has 0 fully saturated rings. The SMILES string of the molecule is CC(=O)O[C@H](C)c1cccc(COC(c2ccccc2)(c2ccccc2)c2ccccc2)n1. The molecule has 0 saturated heterocycles. The Morgan fingerprint density at radius 3 is 1.70 bits per heavy atom. The summed E-state index contributed by atoms with van der Waals surface area (Å²) in [6, 6.07) is 36.4. The average Bonchev–Trinajstić information content (AvgIpc) is 2.86. The molecule has 0 saturated carbocycles. The van der Waals surface area contributed by atoms with Gasteiger partial charge in [-0.05, 0) is 35.7 Å². The van der Waals surface area contributed by atoms with Gasteiger partial charge in [0.05, 0.1) is 18.0 Å². The largest absolute Gasteiger partial charge is 0.456 e. The Hall–Kier alpha value is -3.76. The molecule has 0 radical (unpaired) electrons. The van der Waals surface area contributed by atoms with Crippen molar-refractivity contribution in [1.29, 1.82) is 0 Å². The highest BCUT2D eigenvalue weighted by Gasteiger charge is 2.37. The van der Waals surface area contributed by atoms with E-state index in [-0.39, 0.29) is 12.6 Å². The lowest BCUT2D eigenvalue weighted by atomic mass is 9.80. The maximum Gasteiger partial charge on any atom is 0.303 e. The number of rotatable bonds is 8. The summed E-state index contributed by atoms with van der Waals surface area (Å²) in [6.07, 6.45) is -0.426. The van der Waals surface area contributed by atoms with E-state index >= 15 is 0 Å². The molecule has 33 heavy (non-hydrogen) atoms. The van der Waals surface area contributed by atoms with Crippen molar-refractivity contribution in [2.45, 2.75) is 32.2 Å². The molecule has 1 aromatic heterocycles. The molecule has 4 heteroatoms. The summed E-state index contributed by atoms with van der Waals surface area (Å²) in [5, 5.41) is 0. The second-order valence-corrected chi connectivity index (χ2v) is 7.87. The third kappa shape index (κ3) is 5.02. The van der Waals surface area contributed by atoms with Crippen LogP contribution in [0.25, 0.3) is 0 Å². The summed E-state index contributed by atoms with van der Waals surface area (Å²) in [5.41, 5.74) is 3.74. The predicted octanol–water partition coefficient (Wildman–Crippen LogP) is 6.21. The lowest BCUT2D eigenvalue weighted by Gasteiger charge is -2.36. The smallest absolute Gasteiger partial charge is 0.303 e. The standard InChI is InChI=1S/C29H27NO3/c1-22(33-23(2)31)28-20-12-19-27(30-28)21-32-29(24-13-6-3-7-14-24,25-15-8-4-9-16-25)26-17-10-5-11-18-26/h3-20,22H,21H2,1-2H3/t22-/m1/s1. The van der Waals surface area contributed by atoms with Gasteiger partial charge < -0.3 is 9.47 Å². The van der Waals surface area contributed by atoms with Gasteiger partial charge in [-0.1, -0.05) is 97.1 Å². The van der Waals surface area contributed by atoms with Gasteiger partial charge in [-0.15, -0.1) is 0 Å². The zero-order valence-electron chi connectivity index (χ0n) is 18.8.